The zero-order chi connectivity index (χ0) is 16.8. The number of rotatable bonds is 6. The average molecular weight is 321 g/mol. The van der Waals surface area contributed by atoms with Crippen LogP contribution in [-0.2, 0) is 9.59 Å². The summed E-state index contributed by atoms with van der Waals surface area (Å²) in [5, 5.41) is 5.77. The second-order valence-electron chi connectivity index (χ2n) is 5.99. The van der Waals surface area contributed by atoms with Gasteiger partial charge in [0.1, 0.15) is 5.82 Å². The SMILES string of the molecule is CCC[C@@H]1CN(C(=O)CNc2ccccc2F)C[C@H]1NC(C)=O. The first-order valence-electron chi connectivity index (χ1n) is 8.04. The molecule has 23 heavy (non-hydrogen) atoms. The van der Waals surface area contributed by atoms with Gasteiger partial charge in [0.2, 0.25) is 11.8 Å². The quantitative estimate of drug-likeness (QED) is 0.842. The highest BCUT2D eigenvalue weighted by atomic mass is 19.1. The second-order valence-corrected chi connectivity index (χ2v) is 5.99. The van der Waals surface area contributed by atoms with E-state index in [2.05, 4.69) is 17.6 Å². The van der Waals surface area contributed by atoms with Crippen molar-refractivity contribution < 1.29 is 14.0 Å². The second kappa shape index (κ2) is 7.94. The number of halogens is 1. The number of nitrogens with one attached hydrogen (secondary N) is 2. The molecule has 1 aromatic carbocycles. The first-order chi connectivity index (χ1) is 11.0. The molecular weight excluding hydrogens is 297 g/mol. The molecule has 1 aromatic rings. The third-order valence-corrected chi connectivity index (χ3v) is 4.15. The fraction of sp³-hybridized carbons (Fsp3) is 0.529. The number of nitrogens with zero attached hydrogens (tertiary/aromatic N) is 1. The van der Waals surface area contributed by atoms with E-state index in [-0.39, 0.29) is 36.1 Å². The van der Waals surface area contributed by atoms with Crippen LogP contribution in [0.1, 0.15) is 26.7 Å². The zero-order valence-corrected chi connectivity index (χ0v) is 13.6. The van der Waals surface area contributed by atoms with Crippen LogP contribution in [0.15, 0.2) is 24.3 Å². The van der Waals surface area contributed by atoms with E-state index in [1.54, 1.807) is 23.1 Å². The van der Waals surface area contributed by atoms with Gasteiger partial charge in [0, 0.05) is 20.0 Å². The lowest BCUT2D eigenvalue weighted by Crippen LogP contribution is -2.40. The Morgan fingerprint density at radius 1 is 1.30 bits per heavy atom. The lowest BCUT2D eigenvalue weighted by molar-refractivity contribution is -0.128. The molecule has 1 saturated heterocycles. The van der Waals surface area contributed by atoms with E-state index in [4.69, 9.17) is 0 Å². The molecule has 2 N–H and O–H groups in total. The Hall–Kier alpha value is -2.11. The van der Waals surface area contributed by atoms with Crippen LogP contribution in [0.25, 0.3) is 0 Å². The minimum absolute atomic E-state index is 0.00450. The predicted octanol–water partition coefficient (Wildman–Crippen LogP) is 2.00. The molecule has 1 aliphatic heterocycles. The summed E-state index contributed by atoms with van der Waals surface area (Å²) in [7, 11) is 0. The molecule has 1 aliphatic rings. The lowest BCUT2D eigenvalue weighted by Gasteiger charge is -2.17. The van der Waals surface area contributed by atoms with Crippen LogP contribution in [0, 0.1) is 11.7 Å². The van der Waals surface area contributed by atoms with Gasteiger partial charge in [-0.15, -0.1) is 0 Å². The Labute approximate surface area is 136 Å². The Morgan fingerprint density at radius 3 is 2.70 bits per heavy atom. The number of carbonyl (C=O) groups is 2. The molecule has 0 unspecified atom stereocenters. The minimum Gasteiger partial charge on any atom is -0.374 e. The molecule has 0 aromatic heterocycles. The first kappa shape index (κ1) is 17.2. The number of hydrogen-bond acceptors (Lipinski definition) is 3. The van der Waals surface area contributed by atoms with Crippen molar-refractivity contribution in [3.8, 4) is 0 Å². The molecular formula is C17H24FN3O2. The molecule has 0 radical (unpaired) electrons. The number of hydrogen-bond donors (Lipinski definition) is 2. The molecule has 0 aliphatic carbocycles. The average Bonchev–Trinajstić information content (AvgIpc) is 2.89. The van der Waals surface area contributed by atoms with Crippen LogP contribution in [0.5, 0.6) is 0 Å². The van der Waals surface area contributed by atoms with Gasteiger partial charge in [-0.1, -0.05) is 25.5 Å². The summed E-state index contributed by atoms with van der Waals surface area (Å²) in [4.78, 5) is 25.4. The molecule has 1 heterocycles. The third-order valence-electron chi connectivity index (χ3n) is 4.15. The van der Waals surface area contributed by atoms with Gasteiger partial charge in [-0.2, -0.15) is 0 Å². The molecule has 2 rings (SSSR count). The minimum atomic E-state index is -0.373. The summed E-state index contributed by atoms with van der Waals surface area (Å²) in [5.74, 6) is -0.250. The molecule has 5 nitrogen and oxygen atoms in total. The van der Waals surface area contributed by atoms with E-state index in [0.29, 0.717) is 18.8 Å². The Balaban J connectivity index is 1.92. The Kier molecular flexibility index (Phi) is 5.96. The third kappa shape index (κ3) is 4.68. The maximum absolute atomic E-state index is 13.6. The molecule has 2 amide bonds. The smallest absolute Gasteiger partial charge is 0.241 e. The van der Waals surface area contributed by atoms with Crippen molar-refractivity contribution in [2.24, 2.45) is 5.92 Å². The molecule has 2 atom stereocenters. The maximum atomic E-state index is 13.6. The van der Waals surface area contributed by atoms with Gasteiger partial charge in [0.25, 0.3) is 0 Å². The van der Waals surface area contributed by atoms with E-state index in [1.165, 1.54) is 13.0 Å². The van der Waals surface area contributed by atoms with E-state index in [0.717, 1.165) is 12.8 Å². The number of amides is 2. The normalized spacial score (nSPS) is 20.4. The molecule has 0 spiro atoms. The highest BCUT2D eigenvalue weighted by molar-refractivity contribution is 5.81. The van der Waals surface area contributed by atoms with E-state index in [1.807, 2.05) is 0 Å². The van der Waals surface area contributed by atoms with Gasteiger partial charge < -0.3 is 15.5 Å². The maximum Gasteiger partial charge on any atom is 0.241 e. The van der Waals surface area contributed by atoms with Gasteiger partial charge >= 0.3 is 0 Å². The first-order valence-corrected chi connectivity index (χ1v) is 8.04. The molecule has 6 heteroatoms. The van der Waals surface area contributed by atoms with Gasteiger partial charge in [0.05, 0.1) is 18.3 Å². The molecule has 1 fully saturated rings. The number of likely N-dealkylation sites (tertiary alicyclic amines) is 1. The van der Waals surface area contributed by atoms with Crippen molar-refractivity contribution in [3.63, 3.8) is 0 Å². The van der Waals surface area contributed by atoms with Gasteiger partial charge in [-0.25, -0.2) is 4.39 Å². The molecule has 0 bridgehead atoms. The summed E-state index contributed by atoms with van der Waals surface area (Å²) in [6.45, 7) is 4.79. The lowest BCUT2D eigenvalue weighted by atomic mass is 9.98. The summed E-state index contributed by atoms with van der Waals surface area (Å²) in [5.41, 5.74) is 0.323. The molecule has 126 valence electrons. The fourth-order valence-electron chi connectivity index (χ4n) is 3.05. The van der Waals surface area contributed by atoms with E-state index < -0.39 is 0 Å². The largest absolute Gasteiger partial charge is 0.374 e. The van der Waals surface area contributed by atoms with Crippen LogP contribution >= 0.6 is 0 Å². The van der Waals surface area contributed by atoms with Crippen molar-refractivity contribution in [2.75, 3.05) is 25.0 Å². The zero-order valence-electron chi connectivity index (χ0n) is 13.6. The number of para-hydroxylation sites is 1. The molecule has 0 saturated carbocycles. The van der Waals surface area contributed by atoms with Gasteiger partial charge in [-0.05, 0) is 24.5 Å². The van der Waals surface area contributed by atoms with Crippen molar-refractivity contribution in [3.05, 3.63) is 30.1 Å². The predicted molar refractivity (Wildman–Crippen MR) is 87.5 cm³/mol. The van der Waals surface area contributed by atoms with Crippen LogP contribution in [-0.4, -0.2) is 42.4 Å². The summed E-state index contributed by atoms with van der Waals surface area (Å²) in [6, 6.07) is 6.29. The van der Waals surface area contributed by atoms with Crippen molar-refractivity contribution in [1.29, 1.82) is 0 Å². The standard InChI is InChI=1S/C17H24FN3O2/c1-3-6-13-10-21(11-16(13)20-12(2)22)17(23)9-19-15-8-5-4-7-14(15)18/h4-5,7-8,13,16,19H,3,6,9-11H2,1-2H3,(H,20,22)/t13-,16-/m1/s1. The van der Waals surface area contributed by atoms with Crippen LogP contribution in [0.4, 0.5) is 10.1 Å². The van der Waals surface area contributed by atoms with E-state index in [9.17, 15) is 14.0 Å². The van der Waals surface area contributed by atoms with Crippen LogP contribution < -0.4 is 10.6 Å². The van der Waals surface area contributed by atoms with Crippen molar-refractivity contribution in [2.45, 2.75) is 32.7 Å². The number of benzene rings is 1. The van der Waals surface area contributed by atoms with Gasteiger partial charge in [-0.3, -0.25) is 9.59 Å². The summed E-state index contributed by atoms with van der Waals surface area (Å²) in [6.07, 6.45) is 1.98. The Bertz CT molecular complexity index is 565. The fourth-order valence-corrected chi connectivity index (χ4v) is 3.05. The number of carbonyl (C=O) groups excluding carboxylic acids is 2. The highest BCUT2D eigenvalue weighted by Crippen LogP contribution is 2.22. The monoisotopic (exact) mass is 321 g/mol. The van der Waals surface area contributed by atoms with Crippen LogP contribution in [0.3, 0.4) is 0 Å². The van der Waals surface area contributed by atoms with Crippen LogP contribution in [0.2, 0.25) is 0 Å². The summed E-state index contributed by atoms with van der Waals surface area (Å²) >= 11 is 0. The summed E-state index contributed by atoms with van der Waals surface area (Å²) < 4.78 is 13.6. The van der Waals surface area contributed by atoms with Gasteiger partial charge in [0.15, 0.2) is 0 Å². The topological polar surface area (TPSA) is 61.4 Å². The van der Waals surface area contributed by atoms with E-state index >= 15 is 0 Å². The van der Waals surface area contributed by atoms with Crippen molar-refractivity contribution >= 4 is 17.5 Å². The number of anilines is 1. The van der Waals surface area contributed by atoms with Crippen molar-refractivity contribution in [1.82, 2.24) is 10.2 Å². The highest BCUT2D eigenvalue weighted by Gasteiger charge is 2.34. The Morgan fingerprint density at radius 2 is 2.04 bits per heavy atom.